The summed E-state index contributed by atoms with van der Waals surface area (Å²) in [6, 6.07) is 11.4. The third-order valence-corrected chi connectivity index (χ3v) is 4.77. The van der Waals surface area contributed by atoms with Crippen molar-refractivity contribution in [3.63, 3.8) is 0 Å². The molecular weight excluding hydrogens is 368 g/mol. The van der Waals surface area contributed by atoms with Gasteiger partial charge in [-0.15, -0.1) is 0 Å². The molecule has 2 aromatic carbocycles. The van der Waals surface area contributed by atoms with Crippen molar-refractivity contribution in [1.82, 2.24) is 0 Å². The highest BCUT2D eigenvalue weighted by atomic mass is 16.5. The Hall–Kier alpha value is -2.89. The van der Waals surface area contributed by atoms with Crippen LogP contribution in [0.3, 0.4) is 0 Å². The molecule has 6 heteroatoms. The van der Waals surface area contributed by atoms with Gasteiger partial charge in [0, 0.05) is 30.0 Å². The Morgan fingerprint density at radius 3 is 1.97 bits per heavy atom. The van der Waals surface area contributed by atoms with Crippen LogP contribution in [0, 0.1) is 0 Å². The summed E-state index contributed by atoms with van der Waals surface area (Å²) < 4.78 is 17.1. The van der Waals surface area contributed by atoms with Crippen molar-refractivity contribution in [3.8, 4) is 17.2 Å². The minimum Gasteiger partial charge on any atom is -0.490 e. The number of nitrogens with one attached hydrogen (secondary N) is 1. The molecule has 0 atom stereocenters. The van der Waals surface area contributed by atoms with Crippen molar-refractivity contribution >= 4 is 17.3 Å². The molecule has 1 aliphatic rings. The van der Waals surface area contributed by atoms with E-state index in [-0.39, 0.29) is 5.91 Å². The molecule has 0 saturated carbocycles. The standard InChI is InChI=1S/C23H30N2O4/c1-4-27-20-15-17(16-21(28-5-2)22(20)29-6-3)23(26)24-18-9-11-19(12-10-18)25-13-7-8-14-25/h9-12,15-16H,4-8,13-14H2,1-3H3,(H,24,26). The molecule has 0 spiro atoms. The second kappa shape index (κ2) is 10.0. The van der Waals surface area contributed by atoms with Gasteiger partial charge < -0.3 is 24.4 Å². The molecular formula is C23H30N2O4. The van der Waals surface area contributed by atoms with Crippen LogP contribution in [0.25, 0.3) is 0 Å². The van der Waals surface area contributed by atoms with Crippen LogP contribution in [-0.4, -0.2) is 38.8 Å². The van der Waals surface area contributed by atoms with Gasteiger partial charge in [0.15, 0.2) is 11.5 Å². The molecule has 0 radical (unpaired) electrons. The number of hydrogen-bond acceptors (Lipinski definition) is 5. The number of ether oxygens (including phenoxy) is 3. The minimum absolute atomic E-state index is 0.219. The Labute approximate surface area is 172 Å². The SMILES string of the molecule is CCOc1cc(C(=O)Nc2ccc(N3CCCC3)cc2)cc(OCC)c1OCC. The van der Waals surface area contributed by atoms with Gasteiger partial charge >= 0.3 is 0 Å². The quantitative estimate of drug-likeness (QED) is 0.661. The fourth-order valence-electron chi connectivity index (χ4n) is 3.45. The van der Waals surface area contributed by atoms with Gasteiger partial charge in [0.05, 0.1) is 19.8 Å². The monoisotopic (exact) mass is 398 g/mol. The molecule has 29 heavy (non-hydrogen) atoms. The van der Waals surface area contributed by atoms with Crippen molar-refractivity contribution in [1.29, 1.82) is 0 Å². The Bertz CT molecular complexity index is 787. The summed E-state index contributed by atoms with van der Waals surface area (Å²) in [4.78, 5) is 15.2. The first-order valence-electron chi connectivity index (χ1n) is 10.4. The van der Waals surface area contributed by atoms with Crippen molar-refractivity contribution in [2.75, 3.05) is 43.1 Å². The van der Waals surface area contributed by atoms with E-state index in [4.69, 9.17) is 14.2 Å². The molecule has 1 heterocycles. The van der Waals surface area contributed by atoms with E-state index >= 15 is 0 Å². The first kappa shape index (κ1) is 20.8. The molecule has 6 nitrogen and oxygen atoms in total. The Morgan fingerprint density at radius 1 is 0.897 bits per heavy atom. The molecule has 156 valence electrons. The molecule has 2 aromatic rings. The van der Waals surface area contributed by atoms with Crippen LogP contribution in [0.1, 0.15) is 44.0 Å². The first-order valence-corrected chi connectivity index (χ1v) is 10.4. The number of carbonyl (C=O) groups is 1. The van der Waals surface area contributed by atoms with Gasteiger partial charge in [0.1, 0.15) is 0 Å². The smallest absolute Gasteiger partial charge is 0.255 e. The summed E-state index contributed by atoms with van der Waals surface area (Å²) >= 11 is 0. The second-order valence-electron chi connectivity index (χ2n) is 6.80. The predicted molar refractivity (Wildman–Crippen MR) is 116 cm³/mol. The van der Waals surface area contributed by atoms with Crippen molar-refractivity contribution in [3.05, 3.63) is 42.0 Å². The highest BCUT2D eigenvalue weighted by Crippen LogP contribution is 2.39. The summed E-state index contributed by atoms with van der Waals surface area (Å²) in [5, 5.41) is 2.96. The number of carbonyl (C=O) groups excluding carboxylic acids is 1. The molecule has 1 aliphatic heterocycles. The molecule has 0 aromatic heterocycles. The minimum atomic E-state index is -0.219. The third kappa shape index (κ3) is 5.13. The lowest BCUT2D eigenvalue weighted by Gasteiger charge is -2.18. The van der Waals surface area contributed by atoms with Gasteiger partial charge in [-0.3, -0.25) is 4.79 Å². The fraction of sp³-hybridized carbons (Fsp3) is 0.435. The molecule has 1 fully saturated rings. The Kier molecular flexibility index (Phi) is 7.22. The van der Waals surface area contributed by atoms with E-state index in [2.05, 4.69) is 22.3 Å². The lowest BCUT2D eigenvalue weighted by atomic mass is 10.1. The maximum Gasteiger partial charge on any atom is 0.255 e. The first-order chi connectivity index (χ1) is 14.2. The number of nitrogens with zero attached hydrogens (tertiary/aromatic N) is 1. The Balaban J connectivity index is 1.80. The molecule has 1 N–H and O–H groups in total. The summed E-state index contributed by atoms with van der Waals surface area (Å²) in [6.45, 7) is 9.29. The van der Waals surface area contributed by atoms with Crippen molar-refractivity contribution < 1.29 is 19.0 Å². The Morgan fingerprint density at radius 2 is 1.45 bits per heavy atom. The van der Waals surface area contributed by atoms with E-state index < -0.39 is 0 Å². The lowest BCUT2D eigenvalue weighted by molar-refractivity contribution is 0.102. The van der Waals surface area contributed by atoms with E-state index in [9.17, 15) is 4.79 Å². The molecule has 0 aliphatic carbocycles. The average molecular weight is 399 g/mol. The maximum absolute atomic E-state index is 12.9. The molecule has 0 unspecified atom stereocenters. The van der Waals surface area contributed by atoms with E-state index in [0.717, 1.165) is 18.8 Å². The average Bonchev–Trinajstić information content (AvgIpc) is 3.26. The van der Waals surface area contributed by atoms with Crippen LogP contribution in [0.2, 0.25) is 0 Å². The normalized spacial score (nSPS) is 13.3. The summed E-state index contributed by atoms with van der Waals surface area (Å²) in [5.74, 6) is 1.33. The summed E-state index contributed by atoms with van der Waals surface area (Å²) in [6.07, 6.45) is 2.47. The van der Waals surface area contributed by atoms with Crippen LogP contribution in [0.15, 0.2) is 36.4 Å². The number of rotatable bonds is 9. The van der Waals surface area contributed by atoms with Gasteiger partial charge in [0.2, 0.25) is 5.75 Å². The van der Waals surface area contributed by atoms with E-state index in [1.54, 1.807) is 12.1 Å². The highest BCUT2D eigenvalue weighted by molar-refractivity contribution is 6.05. The van der Waals surface area contributed by atoms with Crippen LogP contribution in [0.5, 0.6) is 17.2 Å². The van der Waals surface area contributed by atoms with Gasteiger partial charge in [-0.25, -0.2) is 0 Å². The highest BCUT2D eigenvalue weighted by Gasteiger charge is 2.19. The zero-order valence-electron chi connectivity index (χ0n) is 17.5. The van der Waals surface area contributed by atoms with Gasteiger partial charge in [0.25, 0.3) is 5.91 Å². The van der Waals surface area contributed by atoms with Gasteiger partial charge in [-0.05, 0) is 70.0 Å². The lowest BCUT2D eigenvalue weighted by Crippen LogP contribution is -2.17. The maximum atomic E-state index is 12.9. The second-order valence-corrected chi connectivity index (χ2v) is 6.80. The molecule has 3 rings (SSSR count). The van der Waals surface area contributed by atoms with Crippen LogP contribution in [0.4, 0.5) is 11.4 Å². The zero-order valence-corrected chi connectivity index (χ0v) is 17.5. The van der Waals surface area contributed by atoms with Crippen molar-refractivity contribution in [2.24, 2.45) is 0 Å². The fourth-order valence-corrected chi connectivity index (χ4v) is 3.45. The molecule has 0 bridgehead atoms. The summed E-state index contributed by atoms with van der Waals surface area (Å²) in [5.41, 5.74) is 2.41. The third-order valence-electron chi connectivity index (χ3n) is 4.77. The molecule has 1 amide bonds. The van der Waals surface area contributed by atoms with Crippen LogP contribution < -0.4 is 24.4 Å². The topological polar surface area (TPSA) is 60.0 Å². The largest absolute Gasteiger partial charge is 0.490 e. The van der Waals surface area contributed by atoms with Crippen LogP contribution >= 0.6 is 0 Å². The number of benzene rings is 2. The zero-order chi connectivity index (χ0) is 20.6. The number of anilines is 2. The van der Waals surface area contributed by atoms with E-state index in [1.165, 1.54) is 18.5 Å². The summed E-state index contributed by atoms with van der Waals surface area (Å²) in [7, 11) is 0. The van der Waals surface area contributed by atoms with Gasteiger partial charge in [-0.1, -0.05) is 0 Å². The van der Waals surface area contributed by atoms with Gasteiger partial charge in [-0.2, -0.15) is 0 Å². The molecule has 1 saturated heterocycles. The predicted octanol–water partition coefficient (Wildman–Crippen LogP) is 4.74. The van der Waals surface area contributed by atoms with E-state index in [0.29, 0.717) is 42.6 Å². The van der Waals surface area contributed by atoms with E-state index in [1.807, 2.05) is 32.9 Å². The van der Waals surface area contributed by atoms with Crippen molar-refractivity contribution in [2.45, 2.75) is 33.6 Å². The number of amides is 1. The van der Waals surface area contributed by atoms with Crippen LogP contribution in [-0.2, 0) is 0 Å². The number of hydrogen-bond donors (Lipinski definition) is 1.